The van der Waals surface area contributed by atoms with Crippen molar-refractivity contribution in [3.63, 3.8) is 0 Å². The molecule has 1 atom stereocenters. The maximum Gasteiger partial charge on any atom is 0.326 e. The van der Waals surface area contributed by atoms with E-state index in [9.17, 15) is 9.59 Å². The van der Waals surface area contributed by atoms with Gasteiger partial charge in [0.2, 0.25) is 0 Å². The Hall–Kier alpha value is -1.95. The molecule has 1 unspecified atom stereocenters. The van der Waals surface area contributed by atoms with Gasteiger partial charge in [0.1, 0.15) is 18.4 Å². The molecule has 1 aromatic carbocycles. The Labute approximate surface area is 134 Å². The molecule has 0 aliphatic rings. The van der Waals surface area contributed by atoms with Crippen LogP contribution < -0.4 is 10.1 Å². The summed E-state index contributed by atoms with van der Waals surface area (Å²) in [6, 6.07) is 5.75. The van der Waals surface area contributed by atoms with Crippen molar-refractivity contribution in [2.24, 2.45) is 0 Å². The number of ether oxygens (including phenoxy) is 1. The van der Waals surface area contributed by atoms with E-state index in [0.29, 0.717) is 30.1 Å². The molecule has 1 aromatic rings. The standard InChI is InChI=1S/C16H21NO4S/c1-11(2)10-21-13-6-4-5-12(9-13)15(18)17-14(16(19)20)7-8-22-3/h4-6,9,14H,1,7-8,10H2,2-3H3,(H,17,18)(H,19,20). The zero-order valence-electron chi connectivity index (χ0n) is 12.8. The average molecular weight is 323 g/mol. The van der Waals surface area contributed by atoms with Gasteiger partial charge in [-0.05, 0) is 49.1 Å². The molecule has 0 bridgehead atoms. The minimum atomic E-state index is -1.03. The Bertz CT molecular complexity index is 545. The molecule has 120 valence electrons. The van der Waals surface area contributed by atoms with E-state index in [1.165, 1.54) is 11.8 Å². The maximum absolute atomic E-state index is 12.2. The molecule has 1 amide bonds. The highest BCUT2D eigenvalue weighted by Gasteiger charge is 2.20. The first-order chi connectivity index (χ1) is 10.4. The summed E-state index contributed by atoms with van der Waals surface area (Å²) in [5.41, 5.74) is 1.24. The van der Waals surface area contributed by atoms with Gasteiger partial charge in [-0.2, -0.15) is 11.8 Å². The van der Waals surface area contributed by atoms with Crippen LogP contribution >= 0.6 is 11.8 Å². The zero-order chi connectivity index (χ0) is 16.5. The molecule has 22 heavy (non-hydrogen) atoms. The molecular weight excluding hydrogens is 302 g/mol. The number of aliphatic carboxylic acids is 1. The van der Waals surface area contributed by atoms with Crippen molar-refractivity contribution in [1.29, 1.82) is 0 Å². The number of carboxylic acids is 1. The summed E-state index contributed by atoms with van der Waals surface area (Å²) < 4.78 is 5.48. The smallest absolute Gasteiger partial charge is 0.326 e. The number of hydrogen-bond acceptors (Lipinski definition) is 4. The minimum absolute atomic E-state index is 0.370. The number of carbonyl (C=O) groups is 2. The molecule has 0 aliphatic carbocycles. The van der Waals surface area contributed by atoms with Crippen LogP contribution in [0.15, 0.2) is 36.4 Å². The van der Waals surface area contributed by atoms with Crippen molar-refractivity contribution in [1.82, 2.24) is 5.32 Å². The lowest BCUT2D eigenvalue weighted by Gasteiger charge is -2.14. The van der Waals surface area contributed by atoms with Gasteiger partial charge in [-0.25, -0.2) is 4.79 Å². The van der Waals surface area contributed by atoms with E-state index in [4.69, 9.17) is 9.84 Å². The lowest BCUT2D eigenvalue weighted by atomic mass is 10.1. The fraction of sp³-hybridized carbons (Fsp3) is 0.375. The third-order valence-corrected chi connectivity index (χ3v) is 3.44. The largest absolute Gasteiger partial charge is 0.489 e. The van der Waals surface area contributed by atoms with Crippen LogP contribution in [-0.2, 0) is 4.79 Å². The topological polar surface area (TPSA) is 75.6 Å². The molecule has 5 nitrogen and oxygen atoms in total. The van der Waals surface area contributed by atoms with Gasteiger partial charge in [-0.1, -0.05) is 12.6 Å². The Morgan fingerprint density at radius 1 is 1.45 bits per heavy atom. The van der Waals surface area contributed by atoms with Crippen molar-refractivity contribution in [2.75, 3.05) is 18.6 Å². The third-order valence-electron chi connectivity index (χ3n) is 2.80. The Morgan fingerprint density at radius 2 is 2.18 bits per heavy atom. The van der Waals surface area contributed by atoms with Crippen molar-refractivity contribution >= 4 is 23.6 Å². The molecule has 1 rings (SSSR count). The number of nitrogens with one attached hydrogen (secondary N) is 1. The minimum Gasteiger partial charge on any atom is -0.489 e. The van der Waals surface area contributed by atoms with Crippen LogP contribution in [0.1, 0.15) is 23.7 Å². The van der Waals surface area contributed by atoms with Gasteiger partial charge in [-0.3, -0.25) is 4.79 Å². The summed E-state index contributed by atoms with van der Waals surface area (Å²) >= 11 is 1.54. The number of amides is 1. The van der Waals surface area contributed by atoms with Gasteiger partial charge < -0.3 is 15.2 Å². The Morgan fingerprint density at radius 3 is 2.77 bits per heavy atom. The summed E-state index contributed by atoms with van der Waals surface area (Å²) in [7, 11) is 0. The average Bonchev–Trinajstić information content (AvgIpc) is 2.49. The molecule has 0 aromatic heterocycles. The fourth-order valence-corrected chi connectivity index (χ4v) is 2.14. The highest BCUT2D eigenvalue weighted by molar-refractivity contribution is 7.98. The van der Waals surface area contributed by atoms with Crippen molar-refractivity contribution in [2.45, 2.75) is 19.4 Å². The lowest BCUT2D eigenvalue weighted by molar-refractivity contribution is -0.139. The van der Waals surface area contributed by atoms with Crippen LogP contribution in [0.5, 0.6) is 5.75 Å². The molecule has 0 radical (unpaired) electrons. The second kappa shape index (κ2) is 9.15. The highest BCUT2D eigenvalue weighted by Crippen LogP contribution is 2.14. The normalized spacial score (nSPS) is 11.5. The predicted octanol–water partition coefficient (Wildman–Crippen LogP) is 2.58. The Balaban J connectivity index is 2.73. The lowest BCUT2D eigenvalue weighted by Crippen LogP contribution is -2.41. The number of rotatable bonds is 9. The van der Waals surface area contributed by atoms with E-state index in [0.717, 1.165) is 5.57 Å². The van der Waals surface area contributed by atoms with E-state index in [1.54, 1.807) is 24.3 Å². The summed E-state index contributed by atoms with van der Waals surface area (Å²) in [5.74, 6) is -0.239. The molecule has 0 saturated carbocycles. The van der Waals surface area contributed by atoms with Gasteiger partial charge in [0.15, 0.2) is 0 Å². The summed E-state index contributed by atoms with van der Waals surface area (Å²) in [6.45, 7) is 5.96. The molecular formula is C16H21NO4S. The molecule has 0 fully saturated rings. The fourth-order valence-electron chi connectivity index (χ4n) is 1.67. The SMILES string of the molecule is C=C(C)COc1cccc(C(=O)NC(CCSC)C(=O)O)c1. The first-order valence-corrected chi connectivity index (χ1v) is 8.23. The number of benzene rings is 1. The van der Waals surface area contributed by atoms with E-state index in [1.807, 2.05) is 13.2 Å². The number of carboxylic acid groups (broad SMARTS) is 1. The van der Waals surface area contributed by atoms with Crippen molar-refractivity contribution in [3.8, 4) is 5.75 Å². The number of hydrogen-bond donors (Lipinski definition) is 2. The molecule has 2 N–H and O–H groups in total. The number of thioether (sulfide) groups is 1. The molecule has 6 heteroatoms. The number of carbonyl (C=O) groups excluding carboxylic acids is 1. The van der Waals surface area contributed by atoms with Crippen LogP contribution in [-0.4, -0.2) is 41.6 Å². The van der Waals surface area contributed by atoms with Gasteiger partial charge in [0.05, 0.1) is 0 Å². The van der Waals surface area contributed by atoms with E-state index >= 15 is 0 Å². The zero-order valence-corrected chi connectivity index (χ0v) is 13.6. The van der Waals surface area contributed by atoms with Crippen LogP contribution in [0, 0.1) is 0 Å². The molecule has 0 aliphatic heterocycles. The van der Waals surface area contributed by atoms with Gasteiger partial charge in [0.25, 0.3) is 5.91 Å². The molecule has 0 spiro atoms. The first-order valence-electron chi connectivity index (χ1n) is 6.84. The second-order valence-electron chi connectivity index (χ2n) is 4.92. The maximum atomic E-state index is 12.2. The Kier molecular flexibility index (Phi) is 7.52. The summed E-state index contributed by atoms with van der Waals surface area (Å²) in [4.78, 5) is 23.3. The van der Waals surface area contributed by atoms with Crippen LogP contribution in [0.2, 0.25) is 0 Å². The molecule has 0 heterocycles. The van der Waals surface area contributed by atoms with Crippen LogP contribution in [0.25, 0.3) is 0 Å². The predicted molar refractivity (Wildman–Crippen MR) is 88.6 cm³/mol. The van der Waals surface area contributed by atoms with Crippen LogP contribution in [0.4, 0.5) is 0 Å². The van der Waals surface area contributed by atoms with E-state index in [-0.39, 0.29) is 0 Å². The quantitative estimate of drug-likeness (QED) is 0.683. The van der Waals surface area contributed by atoms with Gasteiger partial charge in [-0.15, -0.1) is 0 Å². The van der Waals surface area contributed by atoms with Crippen molar-refractivity contribution in [3.05, 3.63) is 42.0 Å². The monoisotopic (exact) mass is 323 g/mol. The van der Waals surface area contributed by atoms with Gasteiger partial charge >= 0.3 is 5.97 Å². The second-order valence-corrected chi connectivity index (χ2v) is 5.90. The third kappa shape index (κ3) is 6.22. The summed E-state index contributed by atoms with van der Waals surface area (Å²) in [6.07, 6.45) is 2.28. The molecule has 0 saturated heterocycles. The summed E-state index contributed by atoms with van der Waals surface area (Å²) in [5, 5.41) is 11.7. The van der Waals surface area contributed by atoms with E-state index in [2.05, 4.69) is 11.9 Å². The van der Waals surface area contributed by atoms with Gasteiger partial charge in [0, 0.05) is 5.56 Å². The van der Waals surface area contributed by atoms with Crippen molar-refractivity contribution < 1.29 is 19.4 Å². The van der Waals surface area contributed by atoms with E-state index < -0.39 is 17.9 Å². The first kappa shape index (κ1) is 18.1. The highest BCUT2D eigenvalue weighted by atomic mass is 32.2. The van der Waals surface area contributed by atoms with Crippen LogP contribution in [0.3, 0.4) is 0 Å².